The normalized spacial score (nSPS) is 13.0. The average molecular weight is 549 g/mol. The van der Waals surface area contributed by atoms with Crippen molar-refractivity contribution in [3.05, 3.63) is 0 Å². The van der Waals surface area contributed by atoms with Crippen LogP contribution in [-0.2, 0) is 14.3 Å². The molecule has 3 nitrogen and oxygen atoms in total. The van der Waals surface area contributed by atoms with Crippen LogP contribution in [0.1, 0.15) is 136 Å². The van der Waals surface area contributed by atoms with Crippen molar-refractivity contribution in [1.29, 1.82) is 0 Å². The zero-order valence-corrected chi connectivity index (χ0v) is 25.9. The molecule has 0 spiro atoms. The fourth-order valence-electron chi connectivity index (χ4n) is 4.13. The van der Waals surface area contributed by atoms with Crippen molar-refractivity contribution in [2.24, 2.45) is 0 Å². The molecule has 0 fully saturated rings. The van der Waals surface area contributed by atoms with Crippen molar-refractivity contribution in [3.8, 4) is 0 Å². The summed E-state index contributed by atoms with van der Waals surface area (Å²) in [5, 5.41) is 1.15. The highest BCUT2D eigenvalue weighted by atomic mass is 32.2. The molecule has 6 heteroatoms. The minimum absolute atomic E-state index is 0.163. The summed E-state index contributed by atoms with van der Waals surface area (Å²) in [6.07, 6.45) is 27.6. The van der Waals surface area contributed by atoms with E-state index >= 15 is 0 Å². The van der Waals surface area contributed by atoms with Crippen LogP contribution in [0.5, 0.6) is 0 Å². The van der Waals surface area contributed by atoms with Crippen molar-refractivity contribution < 1.29 is 14.3 Å². The predicted molar refractivity (Wildman–Crippen MR) is 162 cm³/mol. The molecule has 0 amide bonds. The van der Waals surface area contributed by atoms with Gasteiger partial charge in [-0.15, -0.1) is 0 Å². The molecule has 35 heavy (non-hydrogen) atoms. The molecule has 0 aliphatic heterocycles. The van der Waals surface area contributed by atoms with E-state index in [0.29, 0.717) is 35.7 Å². The van der Waals surface area contributed by atoms with Crippen LogP contribution in [0.15, 0.2) is 0 Å². The number of carbonyl (C=O) groups excluding carboxylic acids is 2. The SMILES string of the molecule is CCCCCCCCCCCCCCCCCCOC(=O)CCSC(=O)CC(CC(C)SC)SC. The summed E-state index contributed by atoms with van der Waals surface area (Å²) < 4.78 is 5.34. The Labute approximate surface area is 231 Å². The second-order valence-electron chi connectivity index (χ2n) is 9.84. The van der Waals surface area contributed by atoms with Gasteiger partial charge in [-0.25, -0.2) is 0 Å². The Bertz CT molecular complexity index is 488. The van der Waals surface area contributed by atoms with Gasteiger partial charge < -0.3 is 4.74 Å². The summed E-state index contributed by atoms with van der Waals surface area (Å²) in [5.74, 6) is 0.374. The summed E-state index contributed by atoms with van der Waals surface area (Å²) >= 11 is 4.91. The third-order valence-electron chi connectivity index (χ3n) is 6.56. The molecule has 2 unspecified atom stereocenters. The van der Waals surface area contributed by atoms with Crippen LogP contribution in [0.4, 0.5) is 0 Å². The highest BCUT2D eigenvalue weighted by Crippen LogP contribution is 2.25. The van der Waals surface area contributed by atoms with Gasteiger partial charge >= 0.3 is 5.97 Å². The van der Waals surface area contributed by atoms with Gasteiger partial charge in [-0.05, 0) is 25.4 Å². The maximum atomic E-state index is 12.2. The molecule has 0 aromatic carbocycles. The molecule has 0 radical (unpaired) electrons. The van der Waals surface area contributed by atoms with Gasteiger partial charge in [-0.1, -0.05) is 122 Å². The van der Waals surface area contributed by atoms with E-state index in [1.807, 2.05) is 11.8 Å². The fourth-order valence-corrected chi connectivity index (χ4v) is 6.40. The first-order valence-electron chi connectivity index (χ1n) is 14.4. The van der Waals surface area contributed by atoms with Gasteiger partial charge in [0, 0.05) is 22.7 Å². The molecule has 2 atom stereocenters. The fraction of sp³-hybridized carbons (Fsp3) is 0.931. The number of rotatable bonds is 26. The summed E-state index contributed by atoms with van der Waals surface area (Å²) in [7, 11) is 0. The molecule has 0 bridgehead atoms. The molecule has 0 aromatic heterocycles. The van der Waals surface area contributed by atoms with Gasteiger partial charge in [0.15, 0.2) is 5.12 Å². The smallest absolute Gasteiger partial charge is 0.306 e. The van der Waals surface area contributed by atoms with Crippen LogP contribution >= 0.6 is 35.3 Å². The van der Waals surface area contributed by atoms with Crippen molar-refractivity contribution in [3.63, 3.8) is 0 Å². The number of hydrogen-bond donors (Lipinski definition) is 0. The minimum atomic E-state index is -0.163. The van der Waals surface area contributed by atoms with Crippen LogP contribution in [0.25, 0.3) is 0 Å². The number of unbranched alkanes of at least 4 members (excludes halogenated alkanes) is 15. The van der Waals surface area contributed by atoms with Gasteiger partial charge in [0.25, 0.3) is 0 Å². The van der Waals surface area contributed by atoms with E-state index in [1.165, 1.54) is 102 Å². The van der Waals surface area contributed by atoms with Crippen LogP contribution in [0.2, 0.25) is 0 Å². The van der Waals surface area contributed by atoms with E-state index < -0.39 is 0 Å². The van der Waals surface area contributed by atoms with Crippen LogP contribution in [0, 0.1) is 0 Å². The number of carbonyl (C=O) groups is 2. The van der Waals surface area contributed by atoms with E-state index in [4.69, 9.17) is 4.74 Å². The molecule has 0 heterocycles. The molecule has 0 N–H and O–H groups in total. The van der Waals surface area contributed by atoms with Crippen molar-refractivity contribution in [2.45, 2.75) is 146 Å². The Morgan fingerprint density at radius 1 is 0.714 bits per heavy atom. The van der Waals surface area contributed by atoms with Gasteiger partial charge in [0.2, 0.25) is 0 Å². The van der Waals surface area contributed by atoms with Gasteiger partial charge in [0.05, 0.1) is 13.0 Å². The lowest BCUT2D eigenvalue weighted by Gasteiger charge is -2.16. The third kappa shape index (κ3) is 25.6. The number of thioether (sulfide) groups is 3. The molecular weight excluding hydrogens is 493 g/mol. The topological polar surface area (TPSA) is 43.4 Å². The Balaban J connectivity index is 3.41. The average Bonchev–Trinajstić information content (AvgIpc) is 2.85. The van der Waals surface area contributed by atoms with E-state index in [0.717, 1.165) is 19.3 Å². The molecule has 0 aromatic rings. The molecule has 0 saturated heterocycles. The first-order valence-corrected chi connectivity index (χ1v) is 18.0. The highest BCUT2D eigenvalue weighted by Gasteiger charge is 2.16. The van der Waals surface area contributed by atoms with E-state index in [-0.39, 0.29) is 11.1 Å². The van der Waals surface area contributed by atoms with Crippen LogP contribution in [0.3, 0.4) is 0 Å². The van der Waals surface area contributed by atoms with Crippen molar-refractivity contribution in [2.75, 3.05) is 24.9 Å². The quantitative estimate of drug-likeness (QED) is 0.0791. The van der Waals surface area contributed by atoms with Crippen molar-refractivity contribution in [1.82, 2.24) is 0 Å². The number of esters is 1. The van der Waals surface area contributed by atoms with Crippen LogP contribution < -0.4 is 0 Å². The largest absolute Gasteiger partial charge is 0.466 e. The van der Waals surface area contributed by atoms with E-state index in [2.05, 4.69) is 26.4 Å². The maximum absolute atomic E-state index is 12.2. The van der Waals surface area contributed by atoms with Gasteiger partial charge in [0.1, 0.15) is 0 Å². The second kappa shape index (κ2) is 27.2. The number of ether oxygens (including phenoxy) is 1. The Kier molecular flexibility index (Phi) is 27.4. The Hall–Kier alpha value is 0.190. The van der Waals surface area contributed by atoms with E-state index in [9.17, 15) is 9.59 Å². The van der Waals surface area contributed by atoms with Crippen LogP contribution in [-0.4, -0.2) is 46.5 Å². The standard InChI is InChI=1S/C29H56O3S3/c1-5-6-7-8-9-10-11-12-13-14-15-16-17-18-19-20-22-32-28(30)21-23-35-29(31)25-27(34-4)24-26(2)33-3/h26-27H,5-25H2,1-4H3. The summed E-state index contributed by atoms with van der Waals surface area (Å²) in [6.45, 7) is 5.01. The lowest BCUT2D eigenvalue weighted by atomic mass is 10.0. The molecular formula is C29H56O3S3. The first-order chi connectivity index (χ1) is 17.0. The molecule has 0 saturated carbocycles. The summed E-state index contributed by atoms with van der Waals surface area (Å²) in [4.78, 5) is 24.1. The van der Waals surface area contributed by atoms with Gasteiger partial charge in [-0.2, -0.15) is 23.5 Å². The lowest BCUT2D eigenvalue weighted by Crippen LogP contribution is -2.14. The molecule has 0 aliphatic rings. The monoisotopic (exact) mass is 548 g/mol. The second-order valence-corrected chi connectivity index (χ2v) is 13.4. The zero-order chi connectivity index (χ0) is 26.0. The molecule has 0 rings (SSSR count). The minimum Gasteiger partial charge on any atom is -0.466 e. The molecule has 0 aliphatic carbocycles. The summed E-state index contributed by atoms with van der Waals surface area (Å²) in [5.41, 5.74) is 0. The Morgan fingerprint density at radius 3 is 1.66 bits per heavy atom. The third-order valence-corrected chi connectivity index (χ3v) is 9.47. The van der Waals surface area contributed by atoms with Crippen molar-refractivity contribution >= 4 is 46.4 Å². The van der Waals surface area contributed by atoms with E-state index in [1.54, 1.807) is 11.8 Å². The predicted octanol–water partition coefficient (Wildman–Crippen LogP) is 9.70. The maximum Gasteiger partial charge on any atom is 0.306 e. The van der Waals surface area contributed by atoms with Gasteiger partial charge in [-0.3, -0.25) is 9.59 Å². The number of hydrogen-bond acceptors (Lipinski definition) is 6. The highest BCUT2D eigenvalue weighted by molar-refractivity contribution is 8.13. The summed E-state index contributed by atoms with van der Waals surface area (Å²) in [6, 6.07) is 0. The zero-order valence-electron chi connectivity index (χ0n) is 23.5. The Morgan fingerprint density at radius 2 is 1.20 bits per heavy atom. The molecule has 208 valence electrons. The first kappa shape index (κ1) is 35.2. The lowest BCUT2D eigenvalue weighted by molar-refractivity contribution is -0.143.